The van der Waals surface area contributed by atoms with Crippen molar-refractivity contribution < 1.29 is 5.11 Å². The molecular weight excluding hydrogens is 238 g/mol. The van der Waals surface area contributed by atoms with Crippen molar-refractivity contribution in [3.05, 3.63) is 47.5 Å². The maximum absolute atomic E-state index is 10.1. The van der Waals surface area contributed by atoms with Gasteiger partial charge < -0.3 is 5.11 Å². The van der Waals surface area contributed by atoms with Crippen LogP contribution in [0.4, 0.5) is 0 Å². The Morgan fingerprint density at radius 3 is 2.53 bits per heavy atom. The van der Waals surface area contributed by atoms with E-state index in [1.165, 1.54) is 0 Å². The number of benzene rings is 1. The smallest absolute Gasteiger partial charge is 0.150 e. The van der Waals surface area contributed by atoms with Crippen molar-refractivity contribution in [3.8, 4) is 0 Å². The highest BCUT2D eigenvalue weighted by Gasteiger charge is 2.11. The van der Waals surface area contributed by atoms with E-state index < -0.39 is 6.10 Å². The number of aliphatic hydroxyl groups excluding tert-OH is 1. The second kappa shape index (κ2) is 6.48. The largest absolute Gasteiger partial charge is 0.388 e. The molecule has 102 valence electrons. The predicted octanol–water partition coefficient (Wildman–Crippen LogP) is 2.53. The second-order valence-electron chi connectivity index (χ2n) is 4.59. The summed E-state index contributed by atoms with van der Waals surface area (Å²) < 4.78 is 1.92. The fourth-order valence-corrected chi connectivity index (χ4v) is 2.10. The first-order valence-corrected chi connectivity index (χ1v) is 6.90. The second-order valence-corrected chi connectivity index (χ2v) is 4.59. The number of nitrogens with zero attached hydrogens (tertiary/aromatic N) is 3. The molecule has 0 saturated heterocycles. The van der Waals surface area contributed by atoms with E-state index in [9.17, 15) is 5.11 Å². The lowest BCUT2D eigenvalue weighted by Gasteiger charge is -2.11. The topological polar surface area (TPSA) is 50.9 Å². The summed E-state index contributed by atoms with van der Waals surface area (Å²) in [6, 6.07) is 9.74. The number of hydrogen-bond donors (Lipinski definition) is 1. The van der Waals surface area contributed by atoms with Gasteiger partial charge in [0.05, 0.1) is 6.10 Å². The van der Waals surface area contributed by atoms with Crippen LogP contribution >= 0.6 is 0 Å². The normalized spacial score (nSPS) is 12.6. The molecule has 0 aliphatic heterocycles. The molecule has 0 fully saturated rings. The summed E-state index contributed by atoms with van der Waals surface area (Å²) in [4.78, 5) is 4.47. The van der Waals surface area contributed by atoms with Crippen molar-refractivity contribution in [1.82, 2.24) is 14.8 Å². The molecule has 0 amide bonds. The Bertz CT molecular complexity index is 507. The zero-order chi connectivity index (χ0) is 13.7. The lowest BCUT2D eigenvalue weighted by molar-refractivity contribution is 0.159. The molecule has 1 heterocycles. The summed E-state index contributed by atoms with van der Waals surface area (Å²) in [6.45, 7) is 4.83. The van der Waals surface area contributed by atoms with E-state index in [4.69, 9.17) is 0 Å². The molecule has 0 bridgehead atoms. The van der Waals surface area contributed by atoms with E-state index in [0.717, 1.165) is 30.1 Å². The number of aromatic nitrogens is 3. The highest BCUT2D eigenvalue weighted by Crippen LogP contribution is 2.17. The van der Waals surface area contributed by atoms with Crippen LogP contribution in [-0.2, 0) is 19.4 Å². The van der Waals surface area contributed by atoms with Crippen molar-refractivity contribution in [1.29, 1.82) is 0 Å². The molecule has 2 rings (SSSR count). The number of hydrogen-bond acceptors (Lipinski definition) is 3. The average molecular weight is 259 g/mol. The Kier molecular flexibility index (Phi) is 4.68. The first kappa shape index (κ1) is 13.7. The molecule has 0 saturated carbocycles. The van der Waals surface area contributed by atoms with E-state index in [0.29, 0.717) is 13.0 Å². The van der Waals surface area contributed by atoms with Crippen LogP contribution in [0.1, 0.15) is 43.6 Å². The molecule has 0 spiro atoms. The highest BCUT2D eigenvalue weighted by molar-refractivity contribution is 5.17. The Morgan fingerprint density at radius 1 is 1.16 bits per heavy atom. The Hall–Kier alpha value is -1.68. The molecule has 0 aliphatic rings. The highest BCUT2D eigenvalue weighted by atomic mass is 16.3. The van der Waals surface area contributed by atoms with Crippen LogP contribution in [0.5, 0.6) is 0 Å². The number of aryl methyl sites for hydroxylation is 3. The summed E-state index contributed by atoms with van der Waals surface area (Å²) in [6.07, 6.45) is 1.93. The lowest BCUT2D eigenvalue weighted by Crippen LogP contribution is -2.09. The van der Waals surface area contributed by atoms with Gasteiger partial charge in [-0.15, -0.1) is 0 Å². The third-order valence-electron chi connectivity index (χ3n) is 3.22. The van der Waals surface area contributed by atoms with Crippen molar-refractivity contribution in [2.24, 2.45) is 0 Å². The third kappa shape index (κ3) is 3.41. The van der Waals surface area contributed by atoms with Crippen molar-refractivity contribution in [2.45, 2.75) is 45.8 Å². The van der Waals surface area contributed by atoms with Crippen LogP contribution in [0.3, 0.4) is 0 Å². The Labute approximate surface area is 114 Å². The molecule has 4 heteroatoms. The molecule has 1 N–H and O–H groups in total. The van der Waals surface area contributed by atoms with Crippen LogP contribution in [0, 0.1) is 0 Å². The molecule has 2 aromatic rings. The summed E-state index contributed by atoms with van der Waals surface area (Å²) >= 11 is 0. The van der Waals surface area contributed by atoms with Gasteiger partial charge in [0.2, 0.25) is 0 Å². The SMILES string of the molecule is CCc1nc(CC)n(CCC(O)c2ccccc2)n1. The van der Waals surface area contributed by atoms with Crippen molar-refractivity contribution >= 4 is 0 Å². The minimum absolute atomic E-state index is 0.444. The number of rotatable bonds is 6. The predicted molar refractivity (Wildman–Crippen MR) is 74.8 cm³/mol. The van der Waals surface area contributed by atoms with E-state index >= 15 is 0 Å². The van der Waals surface area contributed by atoms with Crippen LogP contribution in [0.15, 0.2) is 30.3 Å². The molecule has 0 aliphatic carbocycles. The fourth-order valence-electron chi connectivity index (χ4n) is 2.10. The molecule has 1 unspecified atom stereocenters. The quantitative estimate of drug-likeness (QED) is 0.867. The zero-order valence-electron chi connectivity index (χ0n) is 11.6. The van der Waals surface area contributed by atoms with E-state index in [1.807, 2.05) is 35.0 Å². The van der Waals surface area contributed by atoms with Gasteiger partial charge in [-0.05, 0) is 12.0 Å². The first-order chi connectivity index (χ1) is 9.24. The van der Waals surface area contributed by atoms with Crippen LogP contribution in [0.2, 0.25) is 0 Å². The average Bonchev–Trinajstić information content (AvgIpc) is 2.88. The number of aliphatic hydroxyl groups is 1. The Balaban J connectivity index is 2.00. The molecule has 1 aromatic carbocycles. The standard InChI is InChI=1S/C15H21N3O/c1-3-14-16-15(4-2)18(17-14)11-10-13(19)12-8-6-5-7-9-12/h5-9,13,19H,3-4,10-11H2,1-2H3. The summed E-state index contributed by atoms with van der Waals surface area (Å²) in [5, 5.41) is 14.6. The van der Waals surface area contributed by atoms with Gasteiger partial charge in [0.1, 0.15) is 5.82 Å². The Morgan fingerprint density at radius 2 is 1.89 bits per heavy atom. The maximum atomic E-state index is 10.1. The first-order valence-electron chi connectivity index (χ1n) is 6.90. The molecule has 1 atom stereocenters. The van der Waals surface area contributed by atoms with Gasteiger partial charge in [0.15, 0.2) is 5.82 Å². The van der Waals surface area contributed by atoms with Gasteiger partial charge in [0, 0.05) is 19.4 Å². The van der Waals surface area contributed by atoms with Gasteiger partial charge in [-0.1, -0.05) is 44.2 Å². The van der Waals surface area contributed by atoms with E-state index in [2.05, 4.69) is 23.9 Å². The van der Waals surface area contributed by atoms with Gasteiger partial charge in [0.25, 0.3) is 0 Å². The lowest BCUT2D eigenvalue weighted by atomic mass is 10.1. The van der Waals surface area contributed by atoms with Gasteiger partial charge in [-0.25, -0.2) is 9.67 Å². The van der Waals surface area contributed by atoms with Gasteiger partial charge in [-0.2, -0.15) is 5.10 Å². The van der Waals surface area contributed by atoms with Crippen molar-refractivity contribution in [2.75, 3.05) is 0 Å². The third-order valence-corrected chi connectivity index (χ3v) is 3.22. The van der Waals surface area contributed by atoms with E-state index in [1.54, 1.807) is 0 Å². The monoisotopic (exact) mass is 259 g/mol. The minimum atomic E-state index is -0.444. The van der Waals surface area contributed by atoms with Gasteiger partial charge >= 0.3 is 0 Å². The van der Waals surface area contributed by atoms with Crippen LogP contribution in [-0.4, -0.2) is 19.9 Å². The minimum Gasteiger partial charge on any atom is -0.388 e. The molecule has 19 heavy (non-hydrogen) atoms. The maximum Gasteiger partial charge on any atom is 0.150 e. The summed E-state index contributed by atoms with van der Waals surface area (Å²) in [5.41, 5.74) is 0.955. The molecule has 0 radical (unpaired) electrons. The fraction of sp³-hybridized carbons (Fsp3) is 0.467. The zero-order valence-corrected chi connectivity index (χ0v) is 11.6. The molecule has 1 aromatic heterocycles. The summed E-state index contributed by atoms with van der Waals surface area (Å²) in [7, 11) is 0. The molecule has 4 nitrogen and oxygen atoms in total. The van der Waals surface area contributed by atoms with Crippen molar-refractivity contribution in [3.63, 3.8) is 0 Å². The van der Waals surface area contributed by atoms with Crippen LogP contribution < -0.4 is 0 Å². The van der Waals surface area contributed by atoms with Crippen LogP contribution in [0.25, 0.3) is 0 Å². The summed E-state index contributed by atoms with van der Waals surface area (Å²) in [5.74, 6) is 1.88. The molecular formula is C15H21N3O. The van der Waals surface area contributed by atoms with E-state index in [-0.39, 0.29) is 0 Å². The van der Waals surface area contributed by atoms with Gasteiger partial charge in [-0.3, -0.25) is 0 Å².